The van der Waals surface area contributed by atoms with Gasteiger partial charge in [0.1, 0.15) is 12.4 Å². The molecule has 0 aliphatic rings. The summed E-state index contributed by atoms with van der Waals surface area (Å²) in [7, 11) is 0. The van der Waals surface area contributed by atoms with E-state index in [1.165, 1.54) is 18.6 Å². The van der Waals surface area contributed by atoms with E-state index in [0.717, 1.165) is 40.9 Å². The Hall–Kier alpha value is -1.59. The SMILES string of the molecule is CCCCNCc1cc(OCC)c(OCc2ccc(F)cc2)cc1Br. The van der Waals surface area contributed by atoms with E-state index in [2.05, 4.69) is 28.2 Å². The quantitative estimate of drug-likeness (QED) is 0.528. The first kappa shape index (κ1) is 19.7. The highest BCUT2D eigenvalue weighted by molar-refractivity contribution is 9.10. The molecule has 3 nitrogen and oxygen atoms in total. The maximum atomic E-state index is 13.0. The number of benzene rings is 2. The zero-order chi connectivity index (χ0) is 18.1. The lowest BCUT2D eigenvalue weighted by Crippen LogP contribution is -2.15. The van der Waals surface area contributed by atoms with E-state index in [1.807, 2.05) is 19.1 Å². The van der Waals surface area contributed by atoms with Gasteiger partial charge in [-0.05, 0) is 55.3 Å². The molecule has 0 heterocycles. The third-order valence-electron chi connectivity index (χ3n) is 3.74. The van der Waals surface area contributed by atoms with Crippen molar-refractivity contribution < 1.29 is 13.9 Å². The Morgan fingerprint density at radius 2 is 1.76 bits per heavy atom. The Bertz CT molecular complexity index is 661. The topological polar surface area (TPSA) is 30.5 Å². The molecule has 25 heavy (non-hydrogen) atoms. The molecule has 2 rings (SSSR count). The number of ether oxygens (including phenoxy) is 2. The number of rotatable bonds is 10. The van der Waals surface area contributed by atoms with Crippen molar-refractivity contribution in [2.24, 2.45) is 0 Å². The van der Waals surface area contributed by atoms with Crippen LogP contribution < -0.4 is 14.8 Å². The van der Waals surface area contributed by atoms with Crippen LogP contribution in [-0.2, 0) is 13.2 Å². The zero-order valence-corrected chi connectivity index (χ0v) is 16.4. The molecule has 0 saturated carbocycles. The first-order chi connectivity index (χ1) is 12.1. The van der Waals surface area contributed by atoms with Crippen LogP contribution in [0.25, 0.3) is 0 Å². The number of nitrogens with one attached hydrogen (secondary N) is 1. The lowest BCUT2D eigenvalue weighted by molar-refractivity contribution is 0.268. The van der Waals surface area contributed by atoms with Crippen LogP contribution in [-0.4, -0.2) is 13.2 Å². The molecule has 0 bridgehead atoms. The minimum Gasteiger partial charge on any atom is -0.490 e. The predicted octanol–water partition coefficient (Wildman–Crippen LogP) is 5.46. The summed E-state index contributed by atoms with van der Waals surface area (Å²) in [6.45, 7) is 6.83. The second kappa shape index (κ2) is 10.4. The molecule has 0 saturated heterocycles. The summed E-state index contributed by atoms with van der Waals surface area (Å²) in [6, 6.07) is 10.2. The van der Waals surface area contributed by atoms with Crippen molar-refractivity contribution in [1.82, 2.24) is 5.32 Å². The second-order valence-electron chi connectivity index (χ2n) is 5.77. The van der Waals surface area contributed by atoms with Gasteiger partial charge in [-0.1, -0.05) is 41.4 Å². The first-order valence-corrected chi connectivity index (χ1v) is 9.46. The second-order valence-corrected chi connectivity index (χ2v) is 6.62. The van der Waals surface area contributed by atoms with E-state index < -0.39 is 0 Å². The molecule has 0 aliphatic carbocycles. The average molecular weight is 410 g/mol. The van der Waals surface area contributed by atoms with Crippen LogP contribution in [0.4, 0.5) is 4.39 Å². The third kappa shape index (κ3) is 6.33. The van der Waals surface area contributed by atoms with E-state index in [1.54, 1.807) is 12.1 Å². The fraction of sp³-hybridized carbons (Fsp3) is 0.400. The maximum absolute atomic E-state index is 13.0. The molecule has 0 aromatic heterocycles. The lowest BCUT2D eigenvalue weighted by Gasteiger charge is -2.15. The zero-order valence-electron chi connectivity index (χ0n) is 14.8. The van der Waals surface area contributed by atoms with Crippen LogP contribution >= 0.6 is 15.9 Å². The highest BCUT2D eigenvalue weighted by Gasteiger charge is 2.11. The molecular weight excluding hydrogens is 385 g/mol. The van der Waals surface area contributed by atoms with Gasteiger partial charge in [-0.2, -0.15) is 0 Å². The van der Waals surface area contributed by atoms with Crippen LogP contribution in [0.2, 0.25) is 0 Å². The standard InChI is InChI=1S/C20H25BrFNO2/c1-3-5-10-23-13-16-11-19(24-4-2)20(12-18(16)21)25-14-15-6-8-17(22)9-7-15/h6-9,11-12,23H,3-5,10,13-14H2,1-2H3. The van der Waals surface area contributed by atoms with E-state index in [9.17, 15) is 4.39 Å². The molecule has 0 fully saturated rings. The van der Waals surface area contributed by atoms with E-state index in [4.69, 9.17) is 9.47 Å². The van der Waals surface area contributed by atoms with Gasteiger partial charge in [0.2, 0.25) is 0 Å². The van der Waals surface area contributed by atoms with Crippen molar-refractivity contribution in [1.29, 1.82) is 0 Å². The minimum atomic E-state index is -0.249. The summed E-state index contributed by atoms with van der Waals surface area (Å²) in [6.07, 6.45) is 2.34. The van der Waals surface area contributed by atoms with Crippen molar-refractivity contribution in [3.05, 3.63) is 57.8 Å². The monoisotopic (exact) mass is 409 g/mol. The predicted molar refractivity (Wildman–Crippen MR) is 103 cm³/mol. The van der Waals surface area contributed by atoms with Crippen LogP contribution in [0.15, 0.2) is 40.9 Å². The van der Waals surface area contributed by atoms with E-state index in [0.29, 0.717) is 19.0 Å². The highest BCUT2D eigenvalue weighted by Crippen LogP contribution is 2.34. The third-order valence-corrected chi connectivity index (χ3v) is 4.48. The smallest absolute Gasteiger partial charge is 0.162 e. The van der Waals surface area contributed by atoms with Gasteiger partial charge in [0, 0.05) is 11.0 Å². The average Bonchev–Trinajstić information content (AvgIpc) is 2.61. The van der Waals surface area contributed by atoms with Gasteiger partial charge in [0.15, 0.2) is 11.5 Å². The Balaban J connectivity index is 2.07. The van der Waals surface area contributed by atoms with Gasteiger partial charge in [-0.3, -0.25) is 0 Å². The van der Waals surface area contributed by atoms with Crippen molar-refractivity contribution in [3.8, 4) is 11.5 Å². The minimum absolute atomic E-state index is 0.249. The summed E-state index contributed by atoms with van der Waals surface area (Å²) >= 11 is 3.61. The Kier molecular flexibility index (Phi) is 8.22. The van der Waals surface area contributed by atoms with Crippen LogP contribution in [0.5, 0.6) is 11.5 Å². The molecule has 1 N–H and O–H groups in total. The summed E-state index contributed by atoms with van der Waals surface area (Å²) in [5.74, 6) is 1.15. The van der Waals surface area contributed by atoms with Crippen molar-refractivity contribution in [2.45, 2.75) is 39.8 Å². The molecule has 136 valence electrons. The number of hydrogen-bond donors (Lipinski definition) is 1. The molecule has 0 radical (unpaired) electrons. The number of unbranched alkanes of at least 4 members (excludes halogenated alkanes) is 1. The Morgan fingerprint density at radius 1 is 1.04 bits per heavy atom. The Labute approximate surface area is 157 Å². The van der Waals surface area contributed by atoms with E-state index in [-0.39, 0.29) is 5.82 Å². The molecule has 0 aliphatic heterocycles. The highest BCUT2D eigenvalue weighted by atomic mass is 79.9. The molecular formula is C20H25BrFNO2. The Morgan fingerprint density at radius 3 is 2.44 bits per heavy atom. The van der Waals surface area contributed by atoms with Gasteiger partial charge in [0.25, 0.3) is 0 Å². The van der Waals surface area contributed by atoms with Gasteiger partial charge in [0.05, 0.1) is 6.61 Å². The van der Waals surface area contributed by atoms with Gasteiger partial charge < -0.3 is 14.8 Å². The van der Waals surface area contributed by atoms with Gasteiger partial charge >= 0.3 is 0 Å². The van der Waals surface area contributed by atoms with E-state index >= 15 is 0 Å². The van der Waals surface area contributed by atoms with Crippen molar-refractivity contribution >= 4 is 15.9 Å². The molecule has 2 aromatic carbocycles. The van der Waals surface area contributed by atoms with Crippen LogP contribution in [0, 0.1) is 5.82 Å². The summed E-state index contributed by atoms with van der Waals surface area (Å²) in [5.41, 5.74) is 2.04. The van der Waals surface area contributed by atoms with Gasteiger partial charge in [-0.25, -0.2) is 4.39 Å². The normalized spacial score (nSPS) is 10.7. The molecule has 0 amide bonds. The number of halogens is 2. The fourth-order valence-electron chi connectivity index (χ4n) is 2.36. The lowest BCUT2D eigenvalue weighted by atomic mass is 10.2. The van der Waals surface area contributed by atoms with Crippen LogP contribution in [0.1, 0.15) is 37.8 Å². The summed E-state index contributed by atoms with van der Waals surface area (Å²) < 4.78 is 25.6. The summed E-state index contributed by atoms with van der Waals surface area (Å²) in [4.78, 5) is 0. The molecule has 5 heteroatoms. The van der Waals surface area contributed by atoms with Crippen molar-refractivity contribution in [3.63, 3.8) is 0 Å². The molecule has 0 unspecified atom stereocenters. The maximum Gasteiger partial charge on any atom is 0.162 e. The van der Waals surface area contributed by atoms with Crippen LogP contribution in [0.3, 0.4) is 0 Å². The molecule has 0 spiro atoms. The molecule has 2 aromatic rings. The van der Waals surface area contributed by atoms with Crippen molar-refractivity contribution in [2.75, 3.05) is 13.2 Å². The fourth-order valence-corrected chi connectivity index (χ4v) is 2.82. The van der Waals surface area contributed by atoms with Gasteiger partial charge in [-0.15, -0.1) is 0 Å². The molecule has 0 atom stereocenters. The number of hydrogen-bond acceptors (Lipinski definition) is 3. The summed E-state index contributed by atoms with van der Waals surface area (Å²) in [5, 5.41) is 3.43. The first-order valence-electron chi connectivity index (χ1n) is 8.67. The largest absolute Gasteiger partial charge is 0.490 e.